The number of nitrogens with zero attached hydrogens (tertiary/aromatic N) is 5. The number of aryl methyl sites for hydroxylation is 1. The van der Waals surface area contributed by atoms with E-state index in [1.807, 2.05) is 4.90 Å². The zero-order valence-corrected chi connectivity index (χ0v) is 18.6. The number of aromatic nitrogens is 4. The Morgan fingerprint density at radius 3 is 2.44 bits per heavy atom. The Morgan fingerprint density at radius 2 is 1.72 bits per heavy atom. The average molecular weight is 447 g/mol. The first kappa shape index (κ1) is 22.3. The predicted molar refractivity (Wildman–Crippen MR) is 116 cm³/mol. The van der Waals surface area contributed by atoms with Crippen LogP contribution in [0.15, 0.2) is 9.59 Å². The average Bonchev–Trinajstić information content (AvgIpc) is 3.28. The summed E-state index contributed by atoms with van der Waals surface area (Å²) in [7, 11) is 3.03. The molecular weight excluding hydrogens is 416 g/mol. The van der Waals surface area contributed by atoms with E-state index in [-0.39, 0.29) is 17.7 Å². The van der Waals surface area contributed by atoms with E-state index < -0.39 is 11.2 Å². The number of hydrogen-bond donors (Lipinski definition) is 1. The number of carbonyl (C=O) groups is 2. The summed E-state index contributed by atoms with van der Waals surface area (Å²) in [6.07, 6.45) is 2.89. The van der Waals surface area contributed by atoms with E-state index in [2.05, 4.69) is 9.97 Å². The van der Waals surface area contributed by atoms with Crippen molar-refractivity contribution in [1.29, 1.82) is 0 Å². The molecule has 0 bridgehead atoms. The minimum atomic E-state index is -0.423. The SMILES string of the molecule is Cn1c(=O)c2[nH]c(C3CCCN(C(=O)CCCC(=O)N4CCOCC4)C3)nc2n(C)c1=O. The molecule has 32 heavy (non-hydrogen) atoms. The molecule has 2 aliphatic rings. The lowest BCUT2D eigenvalue weighted by Crippen LogP contribution is -2.41. The third-order valence-corrected chi connectivity index (χ3v) is 6.42. The summed E-state index contributed by atoms with van der Waals surface area (Å²) < 4.78 is 7.67. The van der Waals surface area contributed by atoms with Crippen molar-refractivity contribution in [3.8, 4) is 0 Å². The van der Waals surface area contributed by atoms with Crippen LogP contribution in [0.4, 0.5) is 0 Å². The van der Waals surface area contributed by atoms with E-state index in [9.17, 15) is 19.2 Å². The zero-order chi connectivity index (χ0) is 22.8. The quantitative estimate of drug-likeness (QED) is 0.673. The fourth-order valence-electron chi connectivity index (χ4n) is 4.48. The Balaban J connectivity index is 1.38. The number of ether oxygens (including phenoxy) is 1. The minimum Gasteiger partial charge on any atom is -0.378 e. The van der Waals surface area contributed by atoms with Crippen molar-refractivity contribution in [1.82, 2.24) is 28.9 Å². The van der Waals surface area contributed by atoms with Crippen LogP contribution >= 0.6 is 0 Å². The number of carbonyl (C=O) groups excluding carboxylic acids is 2. The molecule has 4 rings (SSSR count). The maximum absolute atomic E-state index is 12.8. The summed E-state index contributed by atoms with van der Waals surface area (Å²) in [6.45, 7) is 3.56. The van der Waals surface area contributed by atoms with Crippen LogP contribution in [0.5, 0.6) is 0 Å². The molecule has 2 aromatic heterocycles. The van der Waals surface area contributed by atoms with Gasteiger partial charge in [0.05, 0.1) is 13.2 Å². The van der Waals surface area contributed by atoms with Crippen LogP contribution in [-0.2, 0) is 28.4 Å². The Bertz CT molecular complexity index is 1130. The lowest BCUT2D eigenvalue weighted by Gasteiger charge is -2.32. The molecule has 11 heteroatoms. The maximum atomic E-state index is 12.8. The van der Waals surface area contributed by atoms with Gasteiger partial charge in [-0.1, -0.05) is 0 Å². The van der Waals surface area contributed by atoms with Crippen LogP contribution in [0, 0.1) is 0 Å². The van der Waals surface area contributed by atoms with Crippen molar-refractivity contribution in [2.45, 2.75) is 38.0 Å². The van der Waals surface area contributed by atoms with Crippen molar-refractivity contribution in [3.05, 3.63) is 26.7 Å². The van der Waals surface area contributed by atoms with Gasteiger partial charge in [-0.15, -0.1) is 0 Å². The van der Waals surface area contributed by atoms with Gasteiger partial charge in [0.1, 0.15) is 11.3 Å². The summed E-state index contributed by atoms with van der Waals surface area (Å²) >= 11 is 0. The molecule has 1 unspecified atom stereocenters. The molecule has 0 aromatic carbocycles. The summed E-state index contributed by atoms with van der Waals surface area (Å²) in [5, 5.41) is 0. The number of aromatic amines is 1. The monoisotopic (exact) mass is 446 g/mol. The number of fused-ring (bicyclic) bond motifs is 1. The molecule has 0 spiro atoms. The van der Waals surface area contributed by atoms with Crippen LogP contribution in [0.25, 0.3) is 11.2 Å². The maximum Gasteiger partial charge on any atom is 0.332 e. The van der Waals surface area contributed by atoms with Crippen molar-refractivity contribution in [2.75, 3.05) is 39.4 Å². The number of rotatable bonds is 5. The van der Waals surface area contributed by atoms with E-state index in [0.29, 0.717) is 75.6 Å². The van der Waals surface area contributed by atoms with Gasteiger partial charge in [-0.05, 0) is 19.3 Å². The smallest absolute Gasteiger partial charge is 0.332 e. The summed E-state index contributed by atoms with van der Waals surface area (Å²) in [5.74, 6) is 0.698. The first-order valence-corrected chi connectivity index (χ1v) is 11.2. The number of likely N-dealkylation sites (tertiary alicyclic amines) is 1. The first-order chi connectivity index (χ1) is 15.4. The molecule has 0 saturated carbocycles. The van der Waals surface area contributed by atoms with Gasteiger partial charge in [0.25, 0.3) is 5.56 Å². The number of piperidine rings is 1. The lowest BCUT2D eigenvalue weighted by atomic mass is 9.97. The minimum absolute atomic E-state index is 0.0314. The van der Waals surface area contributed by atoms with Crippen LogP contribution in [-0.4, -0.2) is 80.1 Å². The van der Waals surface area contributed by atoms with E-state index in [1.165, 1.54) is 11.6 Å². The van der Waals surface area contributed by atoms with Gasteiger partial charge >= 0.3 is 5.69 Å². The summed E-state index contributed by atoms with van der Waals surface area (Å²) in [6, 6.07) is 0. The molecular formula is C21H30N6O5. The molecule has 1 atom stereocenters. The van der Waals surface area contributed by atoms with Crippen LogP contribution in [0.2, 0.25) is 0 Å². The highest BCUT2D eigenvalue weighted by Gasteiger charge is 2.28. The van der Waals surface area contributed by atoms with Gasteiger partial charge in [-0.2, -0.15) is 0 Å². The first-order valence-electron chi connectivity index (χ1n) is 11.2. The second kappa shape index (κ2) is 9.27. The number of imidazole rings is 1. The molecule has 2 fully saturated rings. The number of nitrogens with one attached hydrogen (secondary N) is 1. The molecule has 2 aliphatic heterocycles. The molecule has 0 aliphatic carbocycles. The number of H-pyrrole nitrogens is 1. The Kier molecular flexibility index (Phi) is 6.45. The summed E-state index contributed by atoms with van der Waals surface area (Å²) in [5.41, 5.74) is -0.198. The van der Waals surface area contributed by atoms with Gasteiger partial charge in [-0.3, -0.25) is 23.5 Å². The topological polar surface area (TPSA) is 123 Å². The number of morpholine rings is 1. The van der Waals surface area contributed by atoms with E-state index in [0.717, 1.165) is 17.4 Å². The summed E-state index contributed by atoms with van der Waals surface area (Å²) in [4.78, 5) is 60.8. The lowest BCUT2D eigenvalue weighted by molar-refractivity contribution is -0.136. The van der Waals surface area contributed by atoms with Crippen molar-refractivity contribution in [2.24, 2.45) is 14.1 Å². The largest absolute Gasteiger partial charge is 0.378 e. The Morgan fingerprint density at radius 1 is 1.03 bits per heavy atom. The molecule has 174 valence electrons. The van der Waals surface area contributed by atoms with Gasteiger partial charge < -0.3 is 19.5 Å². The third-order valence-electron chi connectivity index (χ3n) is 6.42. The highest BCUT2D eigenvalue weighted by Crippen LogP contribution is 2.26. The van der Waals surface area contributed by atoms with Crippen LogP contribution in [0.1, 0.15) is 43.8 Å². The molecule has 2 amide bonds. The molecule has 11 nitrogen and oxygen atoms in total. The number of hydrogen-bond acceptors (Lipinski definition) is 6. The predicted octanol–water partition coefficient (Wildman–Crippen LogP) is -0.305. The van der Waals surface area contributed by atoms with Gasteiger partial charge in [-0.25, -0.2) is 9.78 Å². The standard InChI is InChI=1S/C21H30N6O5/c1-24-19-17(20(30)25(2)21(24)31)22-18(23-19)14-5-4-8-27(13-14)16(29)7-3-6-15(28)26-9-11-32-12-10-26/h14H,3-13H2,1-2H3,(H,22,23). The van der Waals surface area contributed by atoms with Crippen molar-refractivity contribution >= 4 is 23.0 Å². The van der Waals surface area contributed by atoms with E-state index in [4.69, 9.17) is 4.74 Å². The highest BCUT2D eigenvalue weighted by molar-refractivity contribution is 5.79. The van der Waals surface area contributed by atoms with Crippen molar-refractivity contribution in [3.63, 3.8) is 0 Å². The van der Waals surface area contributed by atoms with Crippen molar-refractivity contribution < 1.29 is 14.3 Å². The molecule has 1 N–H and O–H groups in total. The van der Waals surface area contributed by atoms with E-state index >= 15 is 0 Å². The molecule has 2 saturated heterocycles. The Hall–Kier alpha value is -2.95. The molecule has 0 radical (unpaired) electrons. The van der Waals surface area contributed by atoms with Gasteiger partial charge in [0, 0.05) is 59.0 Å². The van der Waals surface area contributed by atoms with Gasteiger partial charge in [0.2, 0.25) is 11.8 Å². The fraction of sp³-hybridized carbons (Fsp3) is 0.667. The van der Waals surface area contributed by atoms with Crippen LogP contribution < -0.4 is 11.2 Å². The number of amides is 2. The van der Waals surface area contributed by atoms with E-state index in [1.54, 1.807) is 11.9 Å². The van der Waals surface area contributed by atoms with Gasteiger partial charge in [0.15, 0.2) is 5.65 Å². The highest BCUT2D eigenvalue weighted by atomic mass is 16.5. The second-order valence-electron chi connectivity index (χ2n) is 8.55. The molecule has 2 aromatic rings. The molecule has 4 heterocycles. The fourth-order valence-corrected chi connectivity index (χ4v) is 4.48. The Labute approximate surface area is 185 Å². The normalized spacial score (nSPS) is 19.5. The zero-order valence-electron chi connectivity index (χ0n) is 18.6. The van der Waals surface area contributed by atoms with Crippen LogP contribution in [0.3, 0.4) is 0 Å². The third kappa shape index (κ3) is 4.34. The second-order valence-corrected chi connectivity index (χ2v) is 8.55.